The summed E-state index contributed by atoms with van der Waals surface area (Å²) in [6.45, 7) is 2.51. The Morgan fingerprint density at radius 1 is 0.958 bits per heavy atom. The normalized spacial score (nSPS) is 9.92. The zero-order valence-corrected chi connectivity index (χ0v) is 13.7. The van der Waals surface area contributed by atoms with E-state index in [1.165, 1.54) is 0 Å². The molecule has 0 saturated heterocycles. The van der Waals surface area contributed by atoms with Crippen LogP contribution >= 0.6 is 0 Å². The molecule has 0 unspecified atom stereocenters. The van der Waals surface area contributed by atoms with Crippen molar-refractivity contribution >= 4 is 17.5 Å². The predicted molar refractivity (Wildman–Crippen MR) is 91.1 cm³/mol. The summed E-state index contributed by atoms with van der Waals surface area (Å²) in [6.07, 6.45) is 0. The molecule has 0 aliphatic rings. The van der Waals surface area contributed by atoms with Crippen LogP contribution in [-0.2, 0) is 16.1 Å². The van der Waals surface area contributed by atoms with Gasteiger partial charge in [-0.25, -0.2) is 0 Å². The number of nitrogens with one attached hydrogen (secondary N) is 2. The molecule has 0 atom stereocenters. The summed E-state index contributed by atoms with van der Waals surface area (Å²) in [5.41, 5.74) is 1.24. The van der Waals surface area contributed by atoms with Crippen LogP contribution in [-0.4, -0.2) is 25.5 Å². The molecule has 0 radical (unpaired) electrons. The van der Waals surface area contributed by atoms with E-state index in [0.29, 0.717) is 23.8 Å². The molecule has 2 aromatic carbocycles. The number of hydrogen-bond donors (Lipinski definition) is 2. The second kappa shape index (κ2) is 8.57. The van der Waals surface area contributed by atoms with Crippen LogP contribution in [0.3, 0.4) is 0 Å². The fourth-order valence-corrected chi connectivity index (χ4v) is 2.14. The van der Waals surface area contributed by atoms with Gasteiger partial charge in [-0.3, -0.25) is 9.59 Å². The SMILES string of the molecule is CCOc1ccccc1NC(=O)C(=O)NCc1ccccc1OC. The topological polar surface area (TPSA) is 76.7 Å². The smallest absolute Gasteiger partial charge is 0.313 e. The van der Waals surface area contributed by atoms with E-state index >= 15 is 0 Å². The van der Waals surface area contributed by atoms with Crippen molar-refractivity contribution in [3.8, 4) is 11.5 Å². The minimum Gasteiger partial charge on any atom is -0.496 e. The van der Waals surface area contributed by atoms with Crippen LogP contribution in [0.15, 0.2) is 48.5 Å². The van der Waals surface area contributed by atoms with Crippen molar-refractivity contribution in [3.63, 3.8) is 0 Å². The molecule has 0 aromatic heterocycles. The summed E-state index contributed by atoms with van der Waals surface area (Å²) >= 11 is 0. The lowest BCUT2D eigenvalue weighted by molar-refractivity contribution is -0.136. The molecular weight excluding hydrogens is 308 g/mol. The zero-order chi connectivity index (χ0) is 17.4. The lowest BCUT2D eigenvalue weighted by Gasteiger charge is -2.12. The van der Waals surface area contributed by atoms with Gasteiger partial charge in [0, 0.05) is 12.1 Å². The van der Waals surface area contributed by atoms with Crippen molar-refractivity contribution in [1.82, 2.24) is 5.32 Å². The van der Waals surface area contributed by atoms with Crippen LogP contribution in [0, 0.1) is 0 Å². The number of methoxy groups -OCH3 is 1. The van der Waals surface area contributed by atoms with Crippen LogP contribution in [0.4, 0.5) is 5.69 Å². The lowest BCUT2D eigenvalue weighted by atomic mass is 10.2. The molecule has 0 heterocycles. The number of anilines is 1. The third-order valence-electron chi connectivity index (χ3n) is 3.27. The molecule has 2 rings (SSSR count). The first-order valence-electron chi connectivity index (χ1n) is 7.58. The minimum atomic E-state index is -0.753. The maximum atomic E-state index is 12.0. The first-order valence-corrected chi connectivity index (χ1v) is 7.58. The van der Waals surface area contributed by atoms with Gasteiger partial charge in [0.1, 0.15) is 11.5 Å². The number of amides is 2. The Morgan fingerprint density at radius 3 is 2.33 bits per heavy atom. The van der Waals surface area contributed by atoms with Gasteiger partial charge in [-0.05, 0) is 25.1 Å². The van der Waals surface area contributed by atoms with Gasteiger partial charge in [-0.1, -0.05) is 30.3 Å². The van der Waals surface area contributed by atoms with Crippen molar-refractivity contribution in [3.05, 3.63) is 54.1 Å². The van der Waals surface area contributed by atoms with Crippen LogP contribution in [0.5, 0.6) is 11.5 Å². The van der Waals surface area contributed by atoms with E-state index < -0.39 is 11.8 Å². The standard InChI is InChI=1S/C18H20N2O4/c1-3-24-16-11-7-5-9-14(16)20-18(22)17(21)19-12-13-8-4-6-10-15(13)23-2/h4-11H,3,12H2,1-2H3,(H,19,21)(H,20,22). The predicted octanol–water partition coefficient (Wildman–Crippen LogP) is 2.35. The molecule has 24 heavy (non-hydrogen) atoms. The second-order valence-corrected chi connectivity index (χ2v) is 4.88. The van der Waals surface area contributed by atoms with Gasteiger partial charge in [0.25, 0.3) is 0 Å². The van der Waals surface area contributed by atoms with Gasteiger partial charge in [-0.2, -0.15) is 0 Å². The summed E-state index contributed by atoms with van der Waals surface area (Å²) in [7, 11) is 1.55. The van der Waals surface area contributed by atoms with Crippen LogP contribution in [0.2, 0.25) is 0 Å². The zero-order valence-electron chi connectivity index (χ0n) is 13.7. The maximum absolute atomic E-state index is 12.0. The summed E-state index contributed by atoms with van der Waals surface area (Å²) in [5.74, 6) is -0.310. The number of para-hydroxylation sites is 3. The van der Waals surface area contributed by atoms with Crippen molar-refractivity contribution in [2.24, 2.45) is 0 Å². The molecule has 0 spiro atoms. The Hall–Kier alpha value is -3.02. The molecular formula is C18H20N2O4. The minimum absolute atomic E-state index is 0.198. The van der Waals surface area contributed by atoms with E-state index in [9.17, 15) is 9.59 Å². The molecule has 0 bridgehead atoms. The fraction of sp³-hybridized carbons (Fsp3) is 0.222. The first kappa shape index (κ1) is 17.3. The highest BCUT2D eigenvalue weighted by Gasteiger charge is 2.16. The number of hydrogen-bond acceptors (Lipinski definition) is 4. The van der Waals surface area contributed by atoms with Crippen molar-refractivity contribution in [1.29, 1.82) is 0 Å². The molecule has 2 N–H and O–H groups in total. The van der Waals surface area contributed by atoms with Crippen molar-refractivity contribution in [2.75, 3.05) is 19.0 Å². The summed E-state index contributed by atoms with van der Waals surface area (Å²) in [5, 5.41) is 5.13. The third-order valence-corrected chi connectivity index (χ3v) is 3.27. The lowest BCUT2D eigenvalue weighted by Crippen LogP contribution is -2.35. The molecule has 6 nitrogen and oxygen atoms in total. The molecule has 0 aliphatic heterocycles. The Balaban J connectivity index is 1.97. The van der Waals surface area contributed by atoms with Gasteiger partial charge in [0.2, 0.25) is 0 Å². The molecule has 2 aromatic rings. The monoisotopic (exact) mass is 328 g/mol. The molecule has 0 aliphatic carbocycles. The van der Waals surface area contributed by atoms with Gasteiger partial charge >= 0.3 is 11.8 Å². The highest BCUT2D eigenvalue weighted by atomic mass is 16.5. The number of rotatable bonds is 6. The van der Waals surface area contributed by atoms with E-state index in [2.05, 4.69) is 10.6 Å². The molecule has 126 valence electrons. The number of carbonyl (C=O) groups excluding carboxylic acids is 2. The fourth-order valence-electron chi connectivity index (χ4n) is 2.14. The third kappa shape index (κ3) is 4.49. The van der Waals surface area contributed by atoms with Crippen LogP contribution in [0.25, 0.3) is 0 Å². The van der Waals surface area contributed by atoms with Crippen molar-refractivity contribution in [2.45, 2.75) is 13.5 Å². The second-order valence-electron chi connectivity index (χ2n) is 4.88. The van der Waals surface area contributed by atoms with Gasteiger partial charge in [0.05, 0.1) is 19.4 Å². The molecule has 0 saturated carbocycles. The quantitative estimate of drug-likeness (QED) is 0.798. The number of ether oxygens (including phenoxy) is 2. The summed E-state index contributed by atoms with van der Waals surface area (Å²) < 4.78 is 10.6. The average molecular weight is 328 g/mol. The first-order chi connectivity index (χ1) is 11.7. The Labute approximate surface area is 140 Å². The van der Waals surface area contributed by atoms with E-state index in [0.717, 1.165) is 5.56 Å². The van der Waals surface area contributed by atoms with E-state index in [1.807, 2.05) is 25.1 Å². The maximum Gasteiger partial charge on any atom is 0.313 e. The van der Waals surface area contributed by atoms with Crippen LogP contribution < -0.4 is 20.1 Å². The summed E-state index contributed by atoms with van der Waals surface area (Å²) in [6, 6.07) is 14.2. The summed E-state index contributed by atoms with van der Waals surface area (Å²) in [4.78, 5) is 24.0. The average Bonchev–Trinajstić information content (AvgIpc) is 2.61. The molecule has 0 fully saturated rings. The van der Waals surface area contributed by atoms with E-state index in [4.69, 9.17) is 9.47 Å². The Morgan fingerprint density at radius 2 is 1.62 bits per heavy atom. The van der Waals surface area contributed by atoms with Gasteiger partial charge in [0.15, 0.2) is 0 Å². The van der Waals surface area contributed by atoms with E-state index in [1.54, 1.807) is 37.4 Å². The Bertz CT molecular complexity index is 716. The Kier molecular flexibility index (Phi) is 6.19. The van der Waals surface area contributed by atoms with Gasteiger partial charge < -0.3 is 20.1 Å². The molecule has 6 heteroatoms. The highest BCUT2D eigenvalue weighted by Crippen LogP contribution is 2.23. The largest absolute Gasteiger partial charge is 0.496 e. The highest BCUT2D eigenvalue weighted by molar-refractivity contribution is 6.39. The van der Waals surface area contributed by atoms with Crippen LogP contribution in [0.1, 0.15) is 12.5 Å². The van der Waals surface area contributed by atoms with E-state index in [-0.39, 0.29) is 6.54 Å². The van der Waals surface area contributed by atoms with Gasteiger partial charge in [-0.15, -0.1) is 0 Å². The number of carbonyl (C=O) groups is 2. The number of benzene rings is 2. The molecule has 2 amide bonds. The van der Waals surface area contributed by atoms with Crippen molar-refractivity contribution < 1.29 is 19.1 Å².